The molecule has 26 heavy (non-hydrogen) atoms. The molecule has 0 saturated heterocycles. The van der Waals surface area contributed by atoms with E-state index in [0.29, 0.717) is 17.0 Å². The lowest BCUT2D eigenvalue weighted by atomic mass is 10.1. The van der Waals surface area contributed by atoms with Crippen molar-refractivity contribution in [1.29, 1.82) is 0 Å². The fourth-order valence-corrected chi connectivity index (χ4v) is 2.58. The van der Waals surface area contributed by atoms with E-state index in [1.165, 1.54) is 6.07 Å². The monoisotopic (exact) mass is 353 g/mol. The summed E-state index contributed by atoms with van der Waals surface area (Å²) in [6.07, 6.45) is 4.73. The molecule has 3 aromatic rings. The molecule has 0 spiro atoms. The summed E-state index contributed by atoms with van der Waals surface area (Å²) >= 11 is 0. The highest BCUT2D eigenvalue weighted by atomic mass is 16.5. The maximum Gasteiger partial charge on any atom is 0.336 e. The molecule has 1 amide bonds. The Hall–Kier alpha value is -3.22. The number of ether oxygens (including phenoxy) is 1. The molecule has 1 N–H and O–H groups in total. The van der Waals surface area contributed by atoms with Crippen LogP contribution in [0.4, 0.5) is 0 Å². The molecule has 0 aliphatic carbocycles. The second-order valence-electron chi connectivity index (χ2n) is 5.78. The number of fused-ring (bicyclic) bond motifs is 1. The molecular weight excluding hydrogens is 334 g/mol. The van der Waals surface area contributed by atoms with Gasteiger partial charge in [-0.05, 0) is 31.0 Å². The molecule has 1 aromatic carbocycles. The Kier molecular flexibility index (Phi) is 5.26. The summed E-state index contributed by atoms with van der Waals surface area (Å²) in [7, 11) is 0. The van der Waals surface area contributed by atoms with Crippen molar-refractivity contribution in [3.63, 3.8) is 0 Å². The molecule has 7 nitrogen and oxygen atoms in total. The summed E-state index contributed by atoms with van der Waals surface area (Å²) in [6, 6.07) is 6.71. The normalized spacial score (nSPS) is 11.9. The number of aromatic nitrogens is 2. The lowest BCUT2D eigenvalue weighted by Crippen LogP contribution is -2.36. The van der Waals surface area contributed by atoms with Crippen molar-refractivity contribution in [2.45, 2.75) is 32.9 Å². The van der Waals surface area contributed by atoms with Crippen LogP contribution in [0, 0.1) is 0 Å². The van der Waals surface area contributed by atoms with Crippen molar-refractivity contribution in [2.75, 3.05) is 0 Å². The molecule has 3 rings (SSSR count). The Labute approximate surface area is 150 Å². The summed E-state index contributed by atoms with van der Waals surface area (Å²) in [5, 5.41) is 3.60. The highest BCUT2D eigenvalue weighted by molar-refractivity contribution is 5.82. The van der Waals surface area contributed by atoms with Gasteiger partial charge in [-0.25, -0.2) is 4.79 Å². The van der Waals surface area contributed by atoms with Gasteiger partial charge in [0.05, 0.1) is 18.4 Å². The minimum atomic E-state index is -0.717. The predicted octanol–water partition coefficient (Wildman–Crippen LogP) is 2.23. The molecule has 0 aliphatic rings. The van der Waals surface area contributed by atoms with Crippen LogP contribution in [0.25, 0.3) is 11.0 Å². The van der Waals surface area contributed by atoms with Crippen LogP contribution in [0.5, 0.6) is 5.75 Å². The Balaban J connectivity index is 1.69. The first-order valence-electron chi connectivity index (χ1n) is 8.33. The van der Waals surface area contributed by atoms with Gasteiger partial charge in [-0.2, -0.15) is 0 Å². The SMILES string of the molecule is CCc1cc(=O)oc2cc(OC(C)C(=O)NCc3cnccn3)ccc12. The smallest absolute Gasteiger partial charge is 0.336 e. The van der Waals surface area contributed by atoms with Crippen molar-refractivity contribution in [3.8, 4) is 5.75 Å². The number of carbonyl (C=O) groups excluding carboxylic acids is 1. The molecule has 2 aromatic heterocycles. The lowest BCUT2D eigenvalue weighted by molar-refractivity contribution is -0.127. The van der Waals surface area contributed by atoms with Crippen LogP contribution < -0.4 is 15.7 Å². The van der Waals surface area contributed by atoms with Crippen LogP contribution in [-0.2, 0) is 17.8 Å². The molecule has 0 bridgehead atoms. The number of amides is 1. The van der Waals surface area contributed by atoms with Gasteiger partial charge >= 0.3 is 5.63 Å². The molecule has 0 aliphatic heterocycles. The molecule has 2 heterocycles. The predicted molar refractivity (Wildman–Crippen MR) is 95.8 cm³/mol. The van der Waals surface area contributed by atoms with Gasteiger partial charge < -0.3 is 14.5 Å². The maximum absolute atomic E-state index is 12.2. The van der Waals surface area contributed by atoms with Crippen LogP contribution in [0.15, 0.2) is 52.1 Å². The number of rotatable bonds is 6. The van der Waals surface area contributed by atoms with E-state index in [2.05, 4.69) is 15.3 Å². The van der Waals surface area contributed by atoms with Gasteiger partial charge in [-0.15, -0.1) is 0 Å². The molecule has 1 atom stereocenters. The van der Waals surface area contributed by atoms with Gasteiger partial charge in [0.15, 0.2) is 6.10 Å². The van der Waals surface area contributed by atoms with Crippen LogP contribution in [0.2, 0.25) is 0 Å². The largest absolute Gasteiger partial charge is 0.481 e. The van der Waals surface area contributed by atoms with Crippen molar-refractivity contribution < 1.29 is 13.9 Å². The third kappa shape index (κ3) is 4.05. The second kappa shape index (κ2) is 7.77. The number of aryl methyl sites for hydroxylation is 1. The van der Waals surface area contributed by atoms with Gasteiger partial charge in [0, 0.05) is 29.9 Å². The van der Waals surface area contributed by atoms with Crippen molar-refractivity contribution in [3.05, 3.63) is 64.5 Å². The van der Waals surface area contributed by atoms with Gasteiger partial charge in [0.25, 0.3) is 5.91 Å². The summed E-state index contributed by atoms with van der Waals surface area (Å²) in [5.41, 5.74) is 1.62. The molecule has 7 heteroatoms. The minimum Gasteiger partial charge on any atom is -0.481 e. The standard InChI is InChI=1S/C19H19N3O4/c1-3-13-8-18(23)26-17-9-15(4-5-16(13)17)25-12(2)19(24)22-11-14-10-20-6-7-21-14/h4-10,12H,3,11H2,1-2H3,(H,22,24). The topological polar surface area (TPSA) is 94.3 Å². The van der Waals surface area contributed by atoms with E-state index in [-0.39, 0.29) is 12.5 Å². The minimum absolute atomic E-state index is 0.271. The van der Waals surface area contributed by atoms with E-state index in [1.54, 1.807) is 37.6 Å². The van der Waals surface area contributed by atoms with Gasteiger partial charge in [0.1, 0.15) is 11.3 Å². The zero-order chi connectivity index (χ0) is 18.5. The number of benzene rings is 1. The van der Waals surface area contributed by atoms with E-state index in [0.717, 1.165) is 17.4 Å². The van der Waals surface area contributed by atoms with Crippen LogP contribution in [0.3, 0.4) is 0 Å². The summed E-state index contributed by atoms with van der Waals surface area (Å²) in [6.45, 7) is 3.89. The molecule has 0 radical (unpaired) electrons. The van der Waals surface area contributed by atoms with E-state index in [1.807, 2.05) is 13.0 Å². The van der Waals surface area contributed by atoms with Crippen LogP contribution in [-0.4, -0.2) is 22.0 Å². The van der Waals surface area contributed by atoms with E-state index in [9.17, 15) is 9.59 Å². The average molecular weight is 353 g/mol. The number of nitrogens with one attached hydrogen (secondary N) is 1. The number of hydrogen-bond donors (Lipinski definition) is 1. The Bertz CT molecular complexity index is 969. The first-order valence-corrected chi connectivity index (χ1v) is 8.33. The molecule has 0 saturated carbocycles. The zero-order valence-corrected chi connectivity index (χ0v) is 14.6. The quantitative estimate of drug-likeness (QED) is 0.683. The summed E-state index contributed by atoms with van der Waals surface area (Å²) < 4.78 is 10.9. The second-order valence-corrected chi connectivity index (χ2v) is 5.78. The lowest BCUT2D eigenvalue weighted by Gasteiger charge is -2.15. The molecule has 0 fully saturated rings. The first-order chi connectivity index (χ1) is 12.6. The fourth-order valence-electron chi connectivity index (χ4n) is 2.58. The van der Waals surface area contributed by atoms with Gasteiger partial charge in [-0.1, -0.05) is 6.92 Å². The Morgan fingerprint density at radius 3 is 2.88 bits per heavy atom. The Morgan fingerprint density at radius 1 is 1.31 bits per heavy atom. The van der Waals surface area contributed by atoms with Gasteiger partial charge in [0.2, 0.25) is 0 Å². The highest BCUT2D eigenvalue weighted by Crippen LogP contribution is 2.23. The number of hydrogen-bond acceptors (Lipinski definition) is 6. The third-order valence-corrected chi connectivity index (χ3v) is 3.93. The third-order valence-electron chi connectivity index (χ3n) is 3.93. The molecular formula is C19H19N3O4. The zero-order valence-electron chi connectivity index (χ0n) is 14.6. The Morgan fingerprint density at radius 2 is 2.15 bits per heavy atom. The number of nitrogens with zero attached hydrogens (tertiary/aromatic N) is 2. The van der Waals surface area contributed by atoms with E-state index >= 15 is 0 Å². The number of carbonyl (C=O) groups is 1. The highest BCUT2D eigenvalue weighted by Gasteiger charge is 2.15. The fraction of sp³-hybridized carbons (Fsp3) is 0.263. The van der Waals surface area contributed by atoms with Gasteiger partial charge in [-0.3, -0.25) is 14.8 Å². The van der Waals surface area contributed by atoms with Crippen LogP contribution >= 0.6 is 0 Å². The average Bonchev–Trinajstić information content (AvgIpc) is 2.65. The van der Waals surface area contributed by atoms with E-state index < -0.39 is 11.7 Å². The van der Waals surface area contributed by atoms with Crippen molar-refractivity contribution in [2.24, 2.45) is 0 Å². The van der Waals surface area contributed by atoms with Crippen molar-refractivity contribution in [1.82, 2.24) is 15.3 Å². The van der Waals surface area contributed by atoms with Crippen LogP contribution in [0.1, 0.15) is 25.1 Å². The van der Waals surface area contributed by atoms with E-state index in [4.69, 9.17) is 9.15 Å². The molecule has 134 valence electrons. The maximum atomic E-state index is 12.2. The van der Waals surface area contributed by atoms with Crippen molar-refractivity contribution >= 4 is 16.9 Å². The summed E-state index contributed by atoms with van der Waals surface area (Å²) in [5.74, 6) is 0.176. The summed E-state index contributed by atoms with van der Waals surface area (Å²) in [4.78, 5) is 31.9. The molecule has 1 unspecified atom stereocenters. The first kappa shape index (κ1) is 17.6.